The van der Waals surface area contributed by atoms with Gasteiger partial charge in [0.1, 0.15) is 11.4 Å². The number of rotatable bonds is 4. The molecular formula is C27H25F3N4O4. The van der Waals surface area contributed by atoms with Gasteiger partial charge in [-0.25, -0.2) is 4.98 Å². The highest BCUT2D eigenvalue weighted by Crippen LogP contribution is 2.32. The number of halogens is 3. The number of nitrogens with one attached hydrogen (secondary N) is 1. The molecule has 3 heterocycles. The largest absolute Gasteiger partial charge is 0.433 e. The molecule has 0 atom stereocenters. The lowest BCUT2D eigenvalue weighted by molar-refractivity contribution is -0.141. The Morgan fingerprint density at radius 1 is 1.11 bits per heavy atom. The second kappa shape index (κ2) is 10.8. The molecule has 0 spiro atoms. The van der Waals surface area contributed by atoms with Crippen LogP contribution in [0.3, 0.4) is 0 Å². The molecule has 1 amide bonds. The van der Waals surface area contributed by atoms with E-state index in [-0.39, 0.29) is 5.56 Å². The highest BCUT2D eigenvalue weighted by Gasteiger charge is 2.33. The summed E-state index contributed by atoms with van der Waals surface area (Å²) >= 11 is 0. The highest BCUT2D eigenvalue weighted by molar-refractivity contribution is 6.04. The fraction of sp³-hybridized carbons (Fsp3) is 0.296. The van der Waals surface area contributed by atoms with Gasteiger partial charge in [-0.05, 0) is 60.2 Å². The molecule has 3 aromatic rings. The average molecular weight is 527 g/mol. The minimum absolute atomic E-state index is 0.173. The van der Waals surface area contributed by atoms with Crippen molar-refractivity contribution in [2.24, 2.45) is 0 Å². The summed E-state index contributed by atoms with van der Waals surface area (Å²) in [5.41, 5.74) is 2.44. The van der Waals surface area contributed by atoms with Crippen LogP contribution in [0.5, 0.6) is 0 Å². The molecule has 2 aromatic heterocycles. The number of pyridine rings is 2. The normalized spacial score (nSPS) is 14.0. The number of ether oxygens (including phenoxy) is 1. The molecule has 11 heteroatoms. The molecule has 0 radical (unpaired) electrons. The topological polar surface area (TPSA) is 108 Å². The van der Waals surface area contributed by atoms with Gasteiger partial charge >= 0.3 is 6.18 Å². The number of hydrogen-bond acceptors (Lipinski definition) is 7. The van der Waals surface area contributed by atoms with Crippen molar-refractivity contribution in [3.63, 3.8) is 0 Å². The number of anilines is 2. The van der Waals surface area contributed by atoms with E-state index >= 15 is 0 Å². The van der Waals surface area contributed by atoms with Gasteiger partial charge in [-0.1, -0.05) is 6.07 Å². The van der Waals surface area contributed by atoms with Gasteiger partial charge in [-0.2, -0.15) is 13.2 Å². The number of aliphatic hydroxyl groups is 2. The Labute approximate surface area is 217 Å². The van der Waals surface area contributed by atoms with Crippen molar-refractivity contribution in [1.29, 1.82) is 0 Å². The number of benzene rings is 1. The zero-order valence-electron chi connectivity index (χ0n) is 20.6. The number of nitrogens with zero attached hydrogens (tertiary/aromatic N) is 3. The molecule has 0 aliphatic carbocycles. The average Bonchev–Trinajstić information content (AvgIpc) is 2.88. The van der Waals surface area contributed by atoms with E-state index in [1.54, 1.807) is 24.4 Å². The first-order valence-corrected chi connectivity index (χ1v) is 11.7. The molecule has 1 aliphatic rings. The van der Waals surface area contributed by atoms with E-state index in [2.05, 4.69) is 27.1 Å². The van der Waals surface area contributed by atoms with Gasteiger partial charge in [0.05, 0.1) is 18.9 Å². The maximum atomic E-state index is 13.0. The summed E-state index contributed by atoms with van der Waals surface area (Å²) in [6.45, 7) is 5.25. The molecule has 1 fully saturated rings. The number of hydrogen-bond donors (Lipinski definition) is 3. The van der Waals surface area contributed by atoms with E-state index in [4.69, 9.17) is 4.74 Å². The third kappa shape index (κ3) is 6.66. The number of aryl methyl sites for hydroxylation is 1. The van der Waals surface area contributed by atoms with Crippen molar-refractivity contribution < 1.29 is 32.9 Å². The summed E-state index contributed by atoms with van der Waals surface area (Å²) in [6, 6.07) is 8.93. The molecule has 1 saturated heterocycles. The molecule has 198 valence electrons. The van der Waals surface area contributed by atoms with Gasteiger partial charge in [0.15, 0.2) is 0 Å². The fourth-order valence-electron chi connectivity index (χ4n) is 3.86. The van der Waals surface area contributed by atoms with Crippen molar-refractivity contribution in [3.8, 4) is 23.0 Å². The molecular weight excluding hydrogens is 501 g/mol. The Kier molecular flexibility index (Phi) is 7.68. The van der Waals surface area contributed by atoms with Crippen molar-refractivity contribution in [3.05, 3.63) is 71.3 Å². The van der Waals surface area contributed by atoms with E-state index in [9.17, 15) is 28.2 Å². The Balaban J connectivity index is 1.67. The summed E-state index contributed by atoms with van der Waals surface area (Å²) < 4.78 is 44.4. The maximum absolute atomic E-state index is 13.0. The van der Waals surface area contributed by atoms with Crippen LogP contribution in [0.25, 0.3) is 11.1 Å². The Morgan fingerprint density at radius 2 is 1.84 bits per heavy atom. The van der Waals surface area contributed by atoms with Crippen LogP contribution in [-0.4, -0.2) is 58.2 Å². The summed E-state index contributed by atoms with van der Waals surface area (Å²) in [7, 11) is 0. The zero-order chi connectivity index (χ0) is 27.5. The second-order valence-electron chi connectivity index (χ2n) is 8.87. The van der Waals surface area contributed by atoms with E-state index in [0.717, 1.165) is 24.2 Å². The molecule has 38 heavy (non-hydrogen) atoms. The standard InChI is InChI=1S/C27H25F3N4O4/c1-17-3-4-20(33-25(35)18-6-8-31-24(14-18)27(28,29)30)15-21(17)19-13-23(34-9-11-38-12-10-34)22(32-16-19)5-7-26(2,36)37/h3-4,6,8,13-16,36-37H,9-12H2,1-2H3,(H,33,35). The smallest absolute Gasteiger partial charge is 0.378 e. The number of morpholine rings is 1. The maximum Gasteiger partial charge on any atom is 0.433 e. The number of carbonyl (C=O) groups is 1. The van der Waals surface area contributed by atoms with Crippen LogP contribution in [0.2, 0.25) is 0 Å². The summed E-state index contributed by atoms with van der Waals surface area (Å²) in [5.74, 6) is 2.21. The molecule has 8 nitrogen and oxygen atoms in total. The van der Waals surface area contributed by atoms with E-state index < -0.39 is 23.6 Å². The zero-order valence-corrected chi connectivity index (χ0v) is 20.6. The van der Waals surface area contributed by atoms with E-state index in [0.29, 0.717) is 55.0 Å². The predicted molar refractivity (Wildman–Crippen MR) is 134 cm³/mol. The first kappa shape index (κ1) is 27.1. The monoisotopic (exact) mass is 526 g/mol. The van der Waals surface area contributed by atoms with Gasteiger partial charge in [0.2, 0.25) is 5.79 Å². The van der Waals surface area contributed by atoms with Crippen LogP contribution in [0.4, 0.5) is 24.5 Å². The Hall–Kier alpha value is -3.98. The van der Waals surface area contributed by atoms with Crippen molar-refractivity contribution in [2.75, 3.05) is 36.5 Å². The Morgan fingerprint density at radius 3 is 2.53 bits per heavy atom. The van der Waals surface area contributed by atoms with Crippen LogP contribution in [-0.2, 0) is 10.9 Å². The highest BCUT2D eigenvalue weighted by atomic mass is 19.4. The molecule has 1 aromatic carbocycles. The number of alkyl halides is 3. The molecule has 0 unspecified atom stereocenters. The van der Waals surface area contributed by atoms with E-state index in [1.807, 2.05) is 17.9 Å². The number of amides is 1. The van der Waals surface area contributed by atoms with Crippen LogP contribution >= 0.6 is 0 Å². The van der Waals surface area contributed by atoms with Crippen molar-refractivity contribution in [1.82, 2.24) is 9.97 Å². The van der Waals surface area contributed by atoms with E-state index in [1.165, 1.54) is 6.07 Å². The van der Waals surface area contributed by atoms with Crippen LogP contribution in [0.15, 0.2) is 48.8 Å². The summed E-state index contributed by atoms with van der Waals surface area (Å²) in [6.07, 6.45) is -2.13. The molecule has 1 aliphatic heterocycles. The first-order chi connectivity index (χ1) is 17.9. The SMILES string of the molecule is Cc1ccc(NC(=O)c2ccnc(C(F)(F)F)c2)cc1-c1cnc(C#CC(C)(O)O)c(N2CCOCC2)c1. The van der Waals surface area contributed by atoms with Crippen molar-refractivity contribution >= 4 is 17.3 Å². The molecule has 0 saturated carbocycles. The van der Waals surface area contributed by atoms with Gasteiger partial charge < -0.3 is 25.2 Å². The number of carbonyl (C=O) groups excluding carboxylic acids is 1. The Bertz CT molecular complexity index is 1400. The molecule has 0 bridgehead atoms. The summed E-state index contributed by atoms with van der Waals surface area (Å²) in [4.78, 5) is 22.5. The van der Waals surface area contributed by atoms with Crippen LogP contribution in [0.1, 0.15) is 34.2 Å². The summed E-state index contributed by atoms with van der Waals surface area (Å²) in [5, 5.41) is 21.9. The predicted octanol–water partition coefficient (Wildman–Crippen LogP) is 3.61. The lowest BCUT2D eigenvalue weighted by atomic mass is 10.00. The third-order valence-electron chi connectivity index (χ3n) is 5.76. The minimum atomic E-state index is -4.66. The number of aromatic nitrogens is 2. The van der Waals surface area contributed by atoms with Gasteiger partial charge in [0.25, 0.3) is 5.91 Å². The quantitative estimate of drug-likeness (QED) is 0.352. The lowest BCUT2D eigenvalue weighted by Crippen LogP contribution is -2.36. The lowest BCUT2D eigenvalue weighted by Gasteiger charge is -2.29. The minimum Gasteiger partial charge on any atom is -0.378 e. The van der Waals surface area contributed by atoms with Crippen LogP contribution in [0, 0.1) is 18.8 Å². The molecule has 3 N–H and O–H groups in total. The van der Waals surface area contributed by atoms with Crippen LogP contribution < -0.4 is 10.2 Å². The van der Waals surface area contributed by atoms with Gasteiger partial charge in [-0.3, -0.25) is 9.78 Å². The van der Waals surface area contributed by atoms with Gasteiger partial charge in [-0.15, -0.1) is 0 Å². The third-order valence-corrected chi connectivity index (χ3v) is 5.76. The first-order valence-electron chi connectivity index (χ1n) is 11.7. The second-order valence-corrected chi connectivity index (χ2v) is 8.87. The van der Waals surface area contributed by atoms with Crippen molar-refractivity contribution in [2.45, 2.75) is 25.8 Å². The fourth-order valence-corrected chi connectivity index (χ4v) is 3.86. The molecule has 4 rings (SSSR count). The van der Waals surface area contributed by atoms with Gasteiger partial charge in [0, 0.05) is 49.2 Å².